The zero-order chi connectivity index (χ0) is 9.68. The molecule has 0 amide bonds. The van der Waals surface area contributed by atoms with Crippen LogP contribution in [-0.2, 0) is 0 Å². The van der Waals surface area contributed by atoms with Crippen molar-refractivity contribution in [2.75, 3.05) is 0 Å². The fourth-order valence-electron chi connectivity index (χ4n) is 1.17. The summed E-state index contributed by atoms with van der Waals surface area (Å²) >= 11 is 0. The number of Topliss-reactive ketones (excluding diaryl/α,β-unsaturated/α-hetero) is 1. The normalized spacial score (nSPS) is 9.23. The van der Waals surface area contributed by atoms with E-state index in [1.165, 1.54) is 0 Å². The minimum absolute atomic E-state index is 0.0640. The summed E-state index contributed by atoms with van der Waals surface area (Å²) < 4.78 is 0. The predicted molar refractivity (Wildman–Crippen MR) is 51.9 cm³/mol. The van der Waals surface area contributed by atoms with Crippen LogP contribution in [0.5, 0.6) is 0 Å². The Hall–Kier alpha value is -1.62. The molecule has 0 heterocycles. The van der Waals surface area contributed by atoms with Gasteiger partial charge in [0.25, 0.3) is 0 Å². The Morgan fingerprint density at radius 2 is 2.15 bits per heavy atom. The molecular weight excluding hydrogens is 162 g/mol. The van der Waals surface area contributed by atoms with Gasteiger partial charge in [0.15, 0.2) is 11.5 Å². The number of nitrogens with zero attached hydrogens (tertiary/aromatic N) is 1. The molecule has 0 aliphatic carbocycles. The summed E-state index contributed by atoms with van der Waals surface area (Å²) in [6, 6.07) is 6.95. The quantitative estimate of drug-likeness (QED) is 0.508. The van der Waals surface area contributed by atoms with Gasteiger partial charge in [-0.2, -0.15) is 0 Å². The van der Waals surface area contributed by atoms with Gasteiger partial charge in [0.1, 0.15) is 0 Å². The largest absolute Gasteiger partial charge is 0.296 e. The van der Waals surface area contributed by atoms with E-state index in [9.17, 15) is 4.79 Å². The molecule has 0 N–H and O–H groups in total. The molecule has 13 heavy (non-hydrogen) atoms. The highest BCUT2D eigenvalue weighted by Gasteiger charge is 2.08. The van der Waals surface area contributed by atoms with Crippen molar-refractivity contribution in [3.63, 3.8) is 0 Å². The van der Waals surface area contributed by atoms with Gasteiger partial charge in [0, 0.05) is 12.0 Å². The number of hydrogen-bond donors (Lipinski definition) is 0. The van der Waals surface area contributed by atoms with Crippen molar-refractivity contribution in [1.82, 2.24) is 0 Å². The van der Waals surface area contributed by atoms with E-state index in [1.807, 2.05) is 6.92 Å². The van der Waals surface area contributed by atoms with Gasteiger partial charge in [-0.05, 0) is 6.42 Å². The topological polar surface area (TPSA) is 21.4 Å². The Bertz CT molecular complexity index is 349. The van der Waals surface area contributed by atoms with Gasteiger partial charge in [-0.15, -0.1) is 0 Å². The lowest BCUT2D eigenvalue weighted by molar-refractivity contribution is 0.0982. The Labute approximate surface area is 78.0 Å². The Morgan fingerprint density at radius 3 is 2.77 bits per heavy atom. The molecule has 0 fully saturated rings. The molecule has 0 atom stereocenters. The molecule has 0 unspecified atom stereocenters. The van der Waals surface area contributed by atoms with Crippen LogP contribution < -0.4 is 0 Å². The molecule has 1 aromatic carbocycles. The second kappa shape index (κ2) is 4.42. The lowest BCUT2D eigenvalue weighted by Crippen LogP contribution is -1.97. The van der Waals surface area contributed by atoms with Crippen LogP contribution in [0.1, 0.15) is 30.1 Å². The summed E-state index contributed by atoms with van der Waals surface area (Å²) in [4.78, 5) is 14.8. The van der Waals surface area contributed by atoms with Crippen molar-refractivity contribution >= 4 is 11.5 Å². The summed E-state index contributed by atoms with van der Waals surface area (Å²) in [7, 11) is 0. The molecule has 2 heteroatoms. The molecule has 0 spiro atoms. The van der Waals surface area contributed by atoms with Gasteiger partial charge in [0.05, 0.1) is 6.57 Å². The number of benzene rings is 1. The Balaban J connectivity index is 3.01. The standard InChI is InChI=1S/C11H11NO/c1-3-6-11(13)9-7-4-5-8-10(9)12-2/h4-5,7-8H,3,6H2,1H3. The van der Waals surface area contributed by atoms with E-state index in [0.29, 0.717) is 17.7 Å². The number of para-hydroxylation sites is 1. The highest BCUT2D eigenvalue weighted by atomic mass is 16.1. The number of carbonyl (C=O) groups excluding carboxylic acids is 1. The molecule has 66 valence electrons. The maximum atomic E-state index is 11.5. The molecule has 0 aliphatic heterocycles. The van der Waals surface area contributed by atoms with Gasteiger partial charge in [0.2, 0.25) is 0 Å². The number of ketones is 1. The van der Waals surface area contributed by atoms with Crippen LogP contribution in [0.4, 0.5) is 5.69 Å². The van der Waals surface area contributed by atoms with Crippen molar-refractivity contribution in [1.29, 1.82) is 0 Å². The zero-order valence-electron chi connectivity index (χ0n) is 7.58. The first-order chi connectivity index (χ1) is 6.29. The third-order valence-corrected chi connectivity index (χ3v) is 1.80. The van der Waals surface area contributed by atoms with Crippen molar-refractivity contribution in [2.24, 2.45) is 0 Å². The second-order valence-electron chi connectivity index (χ2n) is 2.80. The number of hydrogen-bond acceptors (Lipinski definition) is 1. The van der Waals surface area contributed by atoms with E-state index < -0.39 is 0 Å². The summed E-state index contributed by atoms with van der Waals surface area (Å²) in [6.45, 7) is 8.84. The van der Waals surface area contributed by atoms with Gasteiger partial charge in [-0.25, -0.2) is 4.85 Å². The van der Waals surface area contributed by atoms with Crippen LogP contribution in [0.3, 0.4) is 0 Å². The third-order valence-electron chi connectivity index (χ3n) is 1.80. The van der Waals surface area contributed by atoms with Crippen LogP contribution >= 0.6 is 0 Å². The molecule has 0 aliphatic rings. The predicted octanol–water partition coefficient (Wildman–Crippen LogP) is 3.22. The molecule has 1 aromatic rings. The van der Waals surface area contributed by atoms with E-state index >= 15 is 0 Å². The van der Waals surface area contributed by atoms with Crippen molar-refractivity contribution in [2.45, 2.75) is 19.8 Å². The molecular formula is C11H11NO. The second-order valence-corrected chi connectivity index (χ2v) is 2.80. The average Bonchev–Trinajstić information content (AvgIpc) is 2.18. The minimum atomic E-state index is 0.0640. The van der Waals surface area contributed by atoms with Crippen molar-refractivity contribution in [3.05, 3.63) is 41.2 Å². The van der Waals surface area contributed by atoms with Crippen molar-refractivity contribution in [3.8, 4) is 0 Å². The average molecular weight is 173 g/mol. The molecule has 0 saturated heterocycles. The van der Waals surface area contributed by atoms with Crippen LogP contribution in [-0.4, -0.2) is 5.78 Å². The number of carbonyl (C=O) groups is 1. The Kier molecular flexibility index (Phi) is 3.22. The maximum absolute atomic E-state index is 11.5. The highest BCUT2D eigenvalue weighted by molar-refractivity contribution is 6.01. The van der Waals surface area contributed by atoms with Crippen LogP contribution in [0.15, 0.2) is 24.3 Å². The summed E-state index contributed by atoms with van der Waals surface area (Å²) in [5, 5.41) is 0. The molecule has 0 radical (unpaired) electrons. The Morgan fingerprint density at radius 1 is 1.46 bits per heavy atom. The zero-order valence-corrected chi connectivity index (χ0v) is 7.58. The summed E-state index contributed by atoms with van der Waals surface area (Å²) in [5.74, 6) is 0.0640. The van der Waals surface area contributed by atoms with Gasteiger partial charge in [-0.3, -0.25) is 4.79 Å². The van der Waals surface area contributed by atoms with E-state index in [1.54, 1.807) is 24.3 Å². The lowest BCUT2D eigenvalue weighted by Gasteiger charge is -2.00. The van der Waals surface area contributed by atoms with E-state index in [0.717, 1.165) is 6.42 Å². The molecule has 1 rings (SSSR count). The van der Waals surface area contributed by atoms with Gasteiger partial charge >= 0.3 is 0 Å². The summed E-state index contributed by atoms with van der Waals surface area (Å²) in [6.07, 6.45) is 1.34. The smallest absolute Gasteiger partial charge is 0.197 e. The first-order valence-corrected chi connectivity index (χ1v) is 4.29. The van der Waals surface area contributed by atoms with Gasteiger partial charge < -0.3 is 0 Å². The monoisotopic (exact) mass is 173 g/mol. The molecule has 0 saturated carbocycles. The van der Waals surface area contributed by atoms with Crippen LogP contribution in [0, 0.1) is 6.57 Å². The lowest BCUT2D eigenvalue weighted by atomic mass is 10.1. The first kappa shape index (κ1) is 9.47. The summed E-state index contributed by atoms with van der Waals surface area (Å²) in [5.41, 5.74) is 1.01. The maximum Gasteiger partial charge on any atom is 0.197 e. The third kappa shape index (κ3) is 2.16. The van der Waals surface area contributed by atoms with Crippen LogP contribution in [0.2, 0.25) is 0 Å². The van der Waals surface area contributed by atoms with E-state index in [-0.39, 0.29) is 5.78 Å². The number of rotatable bonds is 3. The van der Waals surface area contributed by atoms with E-state index in [4.69, 9.17) is 6.57 Å². The van der Waals surface area contributed by atoms with E-state index in [2.05, 4.69) is 4.85 Å². The molecule has 0 aromatic heterocycles. The fourth-order valence-corrected chi connectivity index (χ4v) is 1.17. The van der Waals surface area contributed by atoms with Crippen molar-refractivity contribution < 1.29 is 4.79 Å². The fraction of sp³-hybridized carbons (Fsp3) is 0.273. The molecule has 0 bridgehead atoms. The minimum Gasteiger partial charge on any atom is -0.296 e. The SMILES string of the molecule is [C-]#[N+]c1ccccc1C(=O)CCC. The first-order valence-electron chi connectivity index (χ1n) is 4.29. The van der Waals surface area contributed by atoms with Crippen LogP contribution in [0.25, 0.3) is 4.85 Å². The highest BCUT2D eigenvalue weighted by Crippen LogP contribution is 2.20. The van der Waals surface area contributed by atoms with Gasteiger partial charge in [-0.1, -0.05) is 31.2 Å². The molecule has 2 nitrogen and oxygen atoms in total.